The standard InChI is InChI=1S/C10H11N3O5S/c1-2-12(6-5-11)19(17,18)8-3-4-10(14)9(7-8)13(15)16/h3-4,7,14H,2,6H2,1H3. The van der Waals surface area contributed by atoms with Gasteiger partial charge in [0.15, 0.2) is 5.75 Å². The first-order valence-corrected chi connectivity index (χ1v) is 6.63. The van der Waals surface area contributed by atoms with Crippen LogP contribution in [0.4, 0.5) is 5.69 Å². The number of aromatic hydroxyl groups is 1. The molecule has 0 saturated carbocycles. The molecule has 0 bridgehead atoms. The van der Waals surface area contributed by atoms with Crippen molar-refractivity contribution in [1.29, 1.82) is 5.26 Å². The quantitative estimate of drug-likeness (QED) is 0.485. The first-order chi connectivity index (χ1) is 8.84. The summed E-state index contributed by atoms with van der Waals surface area (Å²) in [5.74, 6) is -0.618. The molecule has 0 heterocycles. The summed E-state index contributed by atoms with van der Waals surface area (Å²) in [6.07, 6.45) is 0. The van der Waals surface area contributed by atoms with Crippen molar-refractivity contribution >= 4 is 15.7 Å². The van der Waals surface area contributed by atoms with E-state index in [9.17, 15) is 23.6 Å². The van der Waals surface area contributed by atoms with Crippen LogP contribution in [0, 0.1) is 21.4 Å². The van der Waals surface area contributed by atoms with Gasteiger partial charge >= 0.3 is 5.69 Å². The fourth-order valence-corrected chi connectivity index (χ4v) is 2.77. The molecule has 1 N–H and O–H groups in total. The Labute approximate surface area is 109 Å². The zero-order chi connectivity index (χ0) is 14.6. The maximum absolute atomic E-state index is 12.1. The zero-order valence-electron chi connectivity index (χ0n) is 9.98. The summed E-state index contributed by atoms with van der Waals surface area (Å²) in [5.41, 5.74) is -0.700. The van der Waals surface area contributed by atoms with E-state index in [1.165, 1.54) is 0 Å². The van der Waals surface area contributed by atoms with Crippen LogP contribution in [0.5, 0.6) is 5.75 Å². The van der Waals surface area contributed by atoms with Gasteiger partial charge in [-0.3, -0.25) is 10.1 Å². The predicted octanol–water partition coefficient (Wildman–Crippen LogP) is 0.835. The Bertz CT molecular complexity index is 635. The van der Waals surface area contributed by atoms with Crippen LogP contribution in [-0.2, 0) is 10.0 Å². The molecule has 0 spiro atoms. The molecule has 9 heteroatoms. The lowest BCUT2D eigenvalue weighted by Crippen LogP contribution is -2.31. The van der Waals surface area contributed by atoms with Crippen LogP contribution < -0.4 is 0 Å². The second-order valence-corrected chi connectivity index (χ2v) is 5.43. The number of nitrogens with zero attached hydrogens (tertiary/aromatic N) is 3. The molecule has 19 heavy (non-hydrogen) atoms. The van der Waals surface area contributed by atoms with E-state index in [-0.39, 0.29) is 18.0 Å². The number of benzene rings is 1. The van der Waals surface area contributed by atoms with E-state index in [0.29, 0.717) is 0 Å². The van der Waals surface area contributed by atoms with Gasteiger partial charge in [-0.05, 0) is 12.1 Å². The maximum Gasteiger partial charge on any atom is 0.312 e. The van der Waals surface area contributed by atoms with Gasteiger partial charge in [-0.2, -0.15) is 9.57 Å². The molecule has 0 aliphatic rings. The number of hydrogen-bond acceptors (Lipinski definition) is 6. The molecule has 0 amide bonds. The summed E-state index contributed by atoms with van der Waals surface area (Å²) in [6.45, 7) is 1.25. The number of sulfonamides is 1. The van der Waals surface area contributed by atoms with Crippen LogP contribution in [0.25, 0.3) is 0 Å². The molecule has 0 aliphatic heterocycles. The number of nitro groups is 1. The van der Waals surface area contributed by atoms with Gasteiger partial charge in [0.25, 0.3) is 0 Å². The van der Waals surface area contributed by atoms with E-state index in [2.05, 4.69) is 0 Å². The summed E-state index contributed by atoms with van der Waals surface area (Å²) in [7, 11) is -3.99. The van der Waals surface area contributed by atoms with Crippen LogP contribution in [0.1, 0.15) is 6.92 Å². The molecular weight excluding hydrogens is 274 g/mol. The summed E-state index contributed by atoms with van der Waals surface area (Å²) >= 11 is 0. The average molecular weight is 285 g/mol. The van der Waals surface area contributed by atoms with Crippen molar-refractivity contribution in [2.24, 2.45) is 0 Å². The molecule has 0 saturated heterocycles. The SMILES string of the molecule is CCN(CC#N)S(=O)(=O)c1ccc(O)c([N+](=O)[O-])c1. The van der Waals surface area contributed by atoms with Crippen LogP contribution in [0.3, 0.4) is 0 Å². The second-order valence-electron chi connectivity index (χ2n) is 3.50. The van der Waals surface area contributed by atoms with E-state index >= 15 is 0 Å². The van der Waals surface area contributed by atoms with E-state index in [4.69, 9.17) is 5.26 Å². The Morgan fingerprint density at radius 3 is 2.63 bits per heavy atom. The topological polar surface area (TPSA) is 125 Å². The molecule has 0 aliphatic carbocycles. The van der Waals surface area contributed by atoms with Gasteiger partial charge in [-0.15, -0.1) is 0 Å². The minimum atomic E-state index is -3.99. The van der Waals surface area contributed by atoms with Crippen molar-refractivity contribution in [1.82, 2.24) is 4.31 Å². The van der Waals surface area contributed by atoms with Gasteiger partial charge < -0.3 is 5.11 Å². The van der Waals surface area contributed by atoms with Crippen molar-refractivity contribution in [2.75, 3.05) is 13.1 Å². The molecule has 1 rings (SSSR count). The zero-order valence-corrected chi connectivity index (χ0v) is 10.8. The lowest BCUT2D eigenvalue weighted by molar-refractivity contribution is -0.386. The fraction of sp³-hybridized carbons (Fsp3) is 0.300. The van der Waals surface area contributed by atoms with Crippen molar-refractivity contribution in [3.8, 4) is 11.8 Å². The van der Waals surface area contributed by atoms with E-state index in [1.54, 1.807) is 13.0 Å². The maximum atomic E-state index is 12.1. The number of rotatable bonds is 5. The molecule has 1 aromatic rings. The van der Waals surface area contributed by atoms with Gasteiger partial charge in [0.1, 0.15) is 6.54 Å². The van der Waals surface area contributed by atoms with Crippen LogP contribution in [0.15, 0.2) is 23.1 Å². The summed E-state index contributed by atoms with van der Waals surface area (Å²) < 4.78 is 25.1. The molecule has 0 fully saturated rings. The van der Waals surface area contributed by atoms with Gasteiger partial charge in [0.05, 0.1) is 15.9 Å². The number of nitriles is 1. The Balaban J connectivity index is 3.34. The van der Waals surface area contributed by atoms with E-state index < -0.39 is 26.4 Å². The largest absolute Gasteiger partial charge is 0.502 e. The monoisotopic (exact) mass is 285 g/mol. The van der Waals surface area contributed by atoms with Gasteiger partial charge in [-0.1, -0.05) is 6.92 Å². The Hall–Kier alpha value is -2.18. The number of nitro benzene ring substituents is 1. The summed E-state index contributed by atoms with van der Waals surface area (Å²) in [4.78, 5) is 9.43. The van der Waals surface area contributed by atoms with E-state index in [1.807, 2.05) is 0 Å². The molecule has 8 nitrogen and oxygen atoms in total. The fourth-order valence-electron chi connectivity index (χ4n) is 1.40. The predicted molar refractivity (Wildman–Crippen MR) is 64.8 cm³/mol. The van der Waals surface area contributed by atoms with Crippen molar-refractivity contribution < 1.29 is 18.4 Å². The van der Waals surface area contributed by atoms with Crippen LogP contribution in [0.2, 0.25) is 0 Å². The highest BCUT2D eigenvalue weighted by atomic mass is 32.2. The molecule has 0 atom stereocenters. The average Bonchev–Trinajstić information content (AvgIpc) is 2.35. The second kappa shape index (κ2) is 5.64. The molecule has 102 valence electrons. The third kappa shape index (κ3) is 2.98. The van der Waals surface area contributed by atoms with Gasteiger partial charge in [0.2, 0.25) is 10.0 Å². The third-order valence-corrected chi connectivity index (χ3v) is 4.30. The first kappa shape index (κ1) is 14.9. The highest BCUT2D eigenvalue weighted by Gasteiger charge is 2.26. The van der Waals surface area contributed by atoms with Crippen molar-refractivity contribution in [2.45, 2.75) is 11.8 Å². The van der Waals surface area contributed by atoms with Gasteiger partial charge in [0, 0.05) is 12.6 Å². The molecule has 1 aromatic carbocycles. The molecule has 0 unspecified atom stereocenters. The van der Waals surface area contributed by atoms with Crippen LogP contribution in [-0.4, -0.2) is 35.8 Å². The normalized spacial score (nSPS) is 11.2. The highest BCUT2D eigenvalue weighted by Crippen LogP contribution is 2.29. The smallest absolute Gasteiger partial charge is 0.312 e. The number of phenolic OH excluding ortho intramolecular Hbond substituents is 1. The van der Waals surface area contributed by atoms with Crippen LogP contribution >= 0.6 is 0 Å². The summed E-state index contributed by atoms with van der Waals surface area (Å²) in [5, 5.41) is 28.5. The lowest BCUT2D eigenvalue weighted by Gasteiger charge is -2.16. The Morgan fingerprint density at radius 1 is 1.53 bits per heavy atom. The minimum absolute atomic E-state index is 0.0601. The van der Waals surface area contributed by atoms with E-state index in [0.717, 1.165) is 22.5 Å². The third-order valence-electron chi connectivity index (χ3n) is 2.38. The molecule has 0 aromatic heterocycles. The molecular formula is C10H11N3O5S. The lowest BCUT2D eigenvalue weighted by atomic mass is 10.3. The highest BCUT2D eigenvalue weighted by molar-refractivity contribution is 7.89. The number of phenols is 1. The first-order valence-electron chi connectivity index (χ1n) is 5.19. The summed E-state index contributed by atoms with van der Waals surface area (Å²) in [6, 6.07) is 4.46. The molecule has 0 radical (unpaired) electrons. The van der Waals surface area contributed by atoms with Crippen molar-refractivity contribution in [3.63, 3.8) is 0 Å². The van der Waals surface area contributed by atoms with Crippen molar-refractivity contribution in [3.05, 3.63) is 28.3 Å². The Morgan fingerprint density at radius 2 is 2.16 bits per heavy atom. The number of hydrogen-bond donors (Lipinski definition) is 1. The minimum Gasteiger partial charge on any atom is -0.502 e. The van der Waals surface area contributed by atoms with Gasteiger partial charge in [-0.25, -0.2) is 8.42 Å². The Kier molecular flexibility index (Phi) is 4.42.